The van der Waals surface area contributed by atoms with Crippen LogP contribution in [-0.4, -0.2) is 132 Å². The summed E-state index contributed by atoms with van der Waals surface area (Å²) < 4.78 is 47.6. The Kier molecular flexibility index (Phi) is 18.8. The van der Waals surface area contributed by atoms with E-state index in [1.165, 1.54) is 30.9 Å². The third kappa shape index (κ3) is 12.4. The maximum Gasteiger partial charge on any atom is 0.407 e. The first-order chi connectivity index (χ1) is 36.7. The number of esters is 2. The molecule has 2 aromatic carbocycles. The summed E-state index contributed by atoms with van der Waals surface area (Å²) in [6.45, 7) is 15.8. The van der Waals surface area contributed by atoms with E-state index in [9.17, 15) is 39.6 Å². The molecule has 2 heterocycles. The van der Waals surface area contributed by atoms with Gasteiger partial charge in [-0.1, -0.05) is 90.1 Å². The van der Waals surface area contributed by atoms with Crippen LogP contribution < -0.4 is 10.1 Å². The molecule has 5 N–H and O–H groups in total. The Labute approximate surface area is 453 Å². The quantitative estimate of drug-likeness (QED) is 0.0496. The lowest BCUT2D eigenvalue weighted by Crippen LogP contribution is -2.62. The zero-order chi connectivity index (χ0) is 55.4. The third-order valence-corrected chi connectivity index (χ3v) is 18.5. The van der Waals surface area contributed by atoms with Gasteiger partial charge in [-0.2, -0.15) is 0 Å². The van der Waals surface area contributed by atoms with Gasteiger partial charge in [0, 0.05) is 43.1 Å². The van der Waals surface area contributed by atoms with Crippen molar-refractivity contribution in [2.24, 2.45) is 46.3 Å². The number of methoxy groups -OCH3 is 1. The number of rotatable bonds is 20. The topological polar surface area (TPSA) is 235 Å². The molecule has 0 bridgehead atoms. The number of aliphatic hydroxyl groups is 4. The Hall–Kier alpha value is -4.72. The van der Waals surface area contributed by atoms with Gasteiger partial charge in [-0.05, 0) is 116 Å². The molecular weight excluding hydrogens is 991 g/mol. The van der Waals surface area contributed by atoms with Crippen LogP contribution in [0.4, 0.5) is 4.79 Å². The minimum atomic E-state index is -1.59. The van der Waals surface area contributed by atoms with Crippen LogP contribution in [0, 0.1) is 46.3 Å². The van der Waals surface area contributed by atoms with Crippen molar-refractivity contribution >= 4 is 23.8 Å². The van der Waals surface area contributed by atoms with Crippen LogP contribution in [0.5, 0.6) is 5.75 Å². The van der Waals surface area contributed by atoms with E-state index < -0.39 is 84.1 Å². The lowest BCUT2D eigenvalue weighted by molar-refractivity contribution is -0.333. The second-order valence-corrected chi connectivity index (χ2v) is 23.5. The third-order valence-electron chi connectivity index (χ3n) is 18.5. The molecule has 0 spiro atoms. The first-order valence-electron chi connectivity index (χ1n) is 27.9. The number of benzene rings is 2. The lowest BCUT2D eigenvalue weighted by atomic mass is 9.46. The van der Waals surface area contributed by atoms with E-state index in [0.29, 0.717) is 63.2 Å². The number of nitrogens with one attached hydrogen (secondary N) is 1. The number of fused-ring (bicyclic) bond motifs is 5. The fraction of sp³-hybridized carbons (Fsp3) is 0.667. The van der Waals surface area contributed by atoms with Crippen molar-refractivity contribution in [1.29, 1.82) is 0 Å². The zero-order valence-corrected chi connectivity index (χ0v) is 45.9. The normalized spacial score (nSPS) is 36.0. The Balaban J connectivity index is 0.947. The number of ketones is 1. The fourth-order valence-electron chi connectivity index (χ4n) is 13.8. The number of amides is 1. The number of allylic oxidation sites excluding steroid dienone is 1. The summed E-state index contributed by atoms with van der Waals surface area (Å²) in [5.41, 5.74) is 0.903. The molecule has 2 aliphatic heterocycles. The van der Waals surface area contributed by atoms with Crippen molar-refractivity contribution < 1.29 is 77.5 Å². The molecule has 4 aliphatic carbocycles. The standard InChI is InChI=1S/C60H83NO16/c1-9-28-71-50(65)23-15-37-11-13-38(14-12-37)31-61-57(68)74-42-24-26-58(6)40(29-42)18-21-43-44(58)25-27-59(7)45(43)30-49(60(59,69)36(5)46(62)22-10-34(2)3)75-55-35(4)52(48(64)33-72-55)77-56-53(51(66)47(63)32-73-56)76-54(67)39-16-19-41(70-8)20-17-39/h9,11-14,16-20,34-36,42-45,47-49,51-53,55-56,63-64,66,69H,1,10,15,21-33H2,2-8H3,(H,61,68)/t35?,36-,42+,43-,44?,45+,47?,48?,49+,51?,52?,53?,55?,56?,58+,59+,60-/m1/s1. The molecule has 17 heteroatoms. The van der Waals surface area contributed by atoms with Crippen molar-refractivity contribution in [3.05, 3.63) is 89.5 Å². The predicted molar refractivity (Wildman–Crippen MR) is 282 cm³/mol. The smallest absolute Gasteiger partial charge is 0.407 e. The summed E-state index contributed by atoms with van der Waals surface area (Å²) >= 11 is 0. The molecular formula is C60H83NO16. The van der Waals surface area contributed by atoms with Gasteiger partial charge < -0.3 is 63.6 Å². The molecule has 1 amide bonds. The fourth-order valence-corrected chi connectivity index (χ4v) is 13.8. The van der Waals surface area contributed by atoms with Crippen LogP contribution in [0.1, 0.15) is 127 Å². The molecule has 2 aromatic rings. The molecule has 3 saturated carbocycles. The number of Topliss-reactive ketones (excluding diaryl/α,β-unsaturated/α-hetero) is 1. The minimum absolute atomic E-state index is 0.0211. The average Bonchev–Trinajstić information content (AvgIpc) is 3.65. The molecule has 17 nitrogen and oxygen atoms in total. The molecule has 5 fully saturated rings. The van der Waals surface area contributed by atoms with Crippen LogP contribution in [0.25, 0.3) is 0 Å². The summed E-state index contributed by atoms with van der Waals surface area (Å²) in [6.07, 6.45) is -0.0325. The van der Waals surface area contributed by atoms with Gasteiger partial charge in [0.1, 0.15) is 48.2 Å². The molecule has 0 aromatic heterocycles. The summed E-state index contributed by atoms with van der Waals surface area (Å²) in [6, 6.07) is 13.9. The van der Waals surface area contributed by atoms with Crippen molar-refractivity contribution in [2.75, 3.05) is 26.9 Å². The van der Waals surface area contributed by atoms with Crippen LogP contribution in [0.15, 0.2) is 72.8 Å². The van der Waals surface area contributed by atoms with E-state index in [1.54, 1.807) is 19.1 Å². The highest BCUT2D eigenvalue weighted by Gasteiger charge is 2.70. The van der Waals surface area contributed by atoms with E-state index in [0.717, 1.165) is 30.4 Å². The molecule has 2 saturated heterocycles. The zero-order valence-electron chi connectivity index (χ0n) is 45.9. The highest BCUT2D eigenvalue weighted by molar-refractivity contribution is 5.89. The number of carbonyl (C=O) groups is 4. The predicted octanol–water partition coefficient (Wildman–Crippen LogP) is 7.32. The highest BCUT2D eigenvalue weighted by atomic mass is 16.7. The number of hydrogen-bond acceptors (Lipinski definition) is 16. The Morgan fingerprint density at radius 1 is 0.857 bits per heavy atom. The molecule has 17 atom stereocenters. The Morgan fingerprint density at radius 3 is 2.26 bits per heavy atom. The van der Waals surface area contributed by atoms with E-state index in [2.05, 4.69) is 45.7 Å². The monoisotopic (exact) mass is 1070 g/mol. The van der Waals surface area contributed by atoms with Crippen LogP contribution in [0.2, 0.25) is 0 Å². The first kappa shape index (κ1) is 58.4. The number of alkyl carbamates (subject to hydrolysis) is 1. The molecule has 424 valence electrons. The van der Waals surface area contributed by atoms with Gasteiger partial charge in [-0.25, -0.2) is 9.59 Å². The number of aryl methyl sites for hydroxylation is 1. The van der Waals surface area contributed by atoms with Crippen LogP contribution in [0.3, 0.4) is 0 Å². The SMILES string of the molecule is C=CCOC(=O)CCc1ccc(CNC(=O)O[C@H]2CC[C@@]3(C)C(=CC[C@@H]4C3CC[C@@]3(C)[C@H]4C[C@H](OC4OCC(O)C(OC5OCC(O)C(O)C5OC(=O)c5ccc(OC)cc5)C4C)[C@]3(O)[C@H](C)C(=O)CCC(C)C)C2)cc1. The van der Waals surface area contributed by atoms with Crippen molar-refractivity contribution in [3.8, 4) is 5.75 Å². The van der Waals surface area contributed by atoms with E-state index in [4.69, 9.17) is 37.9 Å². The van der Waals surface area contributed by atoms with Crippen LogP contribution >= 0.6 is 0 Å². The number of aliphatic hydroxyl groups excluding tert-OH is 3. The second kappa shape index (κ2) is 24.7. The van der Waals surface area contributed by atoms with E-state index in [-0.39, 0.29) is 72.8 Å². The van der Waals surface area contributed by atoms with Crippen LogP contribution in [-0.2, 0) is 55.7 Å². The van der Waals surface area contributed by atoms with Gasteiger partial charge in [-0.3, -0.25) is 9.59 Å². The number of hydrogen-bond donors (Lipinski definition) is 5. The number of carbonyl (C=O) groups excluding carboxylic acids is 4. The highest BCUT2D eigenvalue weighted by Crippen LogP contribution is 2.69. The Morgan fingerprint density at radius 2 is 1.56 bits per heavy atom. The van der Waals surface area contributed by atoms with E-state index in [1.807, 2.05) is 31.2 Å². The Bertz CT molecular complexity index is 2410. The maximum absolute atomic E-state index is 14.3. The molecule has 8 rings (SSSR count). The molecule has 9 unspecified atom stereocenters. The first-order valence-corrected chi connectivity index (χ1v) is 27.9. The van der Waals surface area contributed by atoms with Crippen molar-refractivity contribution in [1.82, 2.24) is 5.32 Å². The average molecular weight is 1070 g/mol. The summed E-state index contributed by atoms with van der Waals surface area (Å²) in [4.78, 5) is 52.7. The lowest BCUT2D eigenvalue weighted by Gasteiger charge is -2.59. The summed E-state index contributed by atoms with van der Waals surface area (Å²) in [5, 5.41) is 49.7. The second-order valence-electron chi connectivity index (χ2n) is 23.5. The summed E-state index contributed by atoms with van der Waals surface area (Å²) in [5.74, 6) is -1.33. The maximum atomic E-state index is 14.3. The minimum Gasteiger partial charge on any atom is -0.497 e. The van der Waals surface area contributed by atoms with Gasteiger partial charge in [-0.15, -0.1) is 0 Å². The van der Waals surface area contributed by atoms with Gasteiger partial charge in [0.2, 0.25) is 0 Å². The van der Waals surface area contributed by atoms with Gasteiger partial charge in [0.15, 0.2) is 18.7 Å². The number of ether oxygens (including phenoxy) is 8. The summed E-state index contributed by atoms with van der Waals surface area (Å²) in [7, 11) is 1.50. The van der Waals surface area contributed by atoms with Crippen molar-refractivity contribution in [2.45, 2.75) is 180 Å². The molecule has 77 heavy (non-hydrogen) atoms. The van der Waals surface area contributed by atoms with Gasteiger partial charge in [0.05, 0.1) is 38.1 Å². The van der Waals surface area contributed by atoms with Crippen molar-refractivity contribution in [3.63, 3.8) is 0 Å². The molecule has 0 radical (unpaired) electrons. The molecule has 6 aliphatic rings. The largest absolute Gasteiger partial charge is 0.497 e. The van der Waals surface area contributed by atoms with Gasteiger partial charge >= 0.3 is 18.0 Å². The van der Waals surface area contributed by atoms with E-state index >= 15 is 0 Å². The van der Waals surface area contributed by atoms with Gasteiger partial charge in [0.25, 0.3) is 0 Å².